The fraction of sp³-hybridized carbons (Fsp3) is 0.455. The third-order valence-electron chi connectivity index (χ3n) is 5.48. The van der Waals surface area contributed by atoms with Crippen LogP contribution in [0.15, 0.2) is 35.5 Å². The topological polar surface area (TPSA) is 94.4 Å². The van der Waals surface area contributed by atoms with E-state index in [1.165, 1.54) is 0 Å². The largest absolute Gasteiger partial charge is 0.444 e. The minimum absolute atomic E-state index is 0.300. The molecule has 2 aliphatic heterocycles. The van der Waals surface area contributed by atoms with Crippen molar-refractivity contribution in [1.29, 1.82) is 5.26 Å². The third-order valence-corrected chi connectivity index (χ3v) is 5.82. The molecule has 3 heterocycles. The molecule has 2 aromatic rings. The number of halogens is 1. The Kier molecular flexibility index (Phi) is 5.29. The van der Waals surface area contributed by atoms with Gasteiger partial charge in [-0.1, -0.05) is 29.8 Å². The smallest absolute Gasteiger partial charge is 0.410 e. The third kappa shape index (κ3) is 3.68. The number of H-pyrrole nitrogens is 1. The fourth-order valence-electron chi connectivity index (χ4n) is 4.26. The quantitative estimate of drug-likeness (QED) is 0.746. The van der Waals surface area contributed by atoms with Gasteiger partial charge in [-0.2, -0.15) is 10.4 Å². The molecule has 0 spiro atoms. The highest BCUT2D eigenvalue weighted by atomic mass is 35.5. The summed E-state index contributed by atoms with van der Waals surface area (Å²) in [7, 11) is 0. The van der Waals surface area contributed by atoms with Gasteiger partial charge in [0.1, 0.15) is 5.60 Å². The number of rotatable bonds is 2. The maximum Gasteiger partial charge on any atom is 0.410 e. The standard InChI is InChI=1S/C22H24ClN5O2/c1-22(2,3)30-21(29)28-10-6-9-17(28)19-14(11-24)18(13-7-4-5-8-16(13)23)15-12-25-27-20(15)26-19/h4-5,7-8,12,14,17-18H,6,9-10H2,1-3H3,(H,25,27). The zero-order chi connectivity index (χ0) is 21.5. The minimum atomic E-state index is -0.593. The van der Waals surface area contributed by atoms with E-state index >= 15 is 0 Å². The minimum Gasteiger partial charge on any atom is -0.444 e. The lowest BCUT2D eigenvalue weighted by atomic mass is 9.76. The molecule has 0 radical (unpaired) electrons. The van der Waals surface area contributed by atoms with Crippen molar-refractivity contribution in [3.63, 3.8) is 0 Å². The summed E-state index contributed by atoms with van der Waals surface area (Å²) in [6, 6.07) is 9.65. The van der Waals surface area contributed by atoms with E-state index in [9.17, 15) is 10.1 Å². The van der Waals surface area contributed by atoms with Crippen LogP contribution in [0.4, 0.5) is 10.6 Å². The first-order valence-corrected chi connectivity index (χ1v) is 10.4. The summed E-state index contributed by atoms with van der Waals surface area (Å²) >= 11 is 6.51. The molecule has 1 saturated heterocycles. The van der Waals surface area contributed by atoms with Crippen LogP contribution < -0.4 is 0 Å². The van der Waals surface area contributed by atoms with Crippen molar-refractivity contribution in [2.45, 2.75) is 51.2 Å². The van der Waals surface area contributed by atoms with E-state index in [2.05, 4.69) is 16.3 Å². The first-order valence-electron chi connectivity index (χ1n) is 10.1. The van der Waals surface area contributed by atoms with Crippen LogP contribution in [0.25, 0.3) is 0 Å². The highest BCUT2D eigenvalue weighted by Gasteiger charge is 2.44. The van der Waals surface area contributed by atoms with Crippen molar-refractivity contribution in [1.82, 2.24) is 15.1 Å². The van der Waals surface area contributed by atoms with E-state index in [0.29, 0.717) is 23.1 Å². The second-order valence-corrected chi connectivity index (χ2v) is 9.06. The first kappa shape index (κ1) is 20.4. The van der Waals surface area contributed by atoms with Crippen molar-refractivity contribution < 1.29 is 9.53 Å². The molecule has 30 heavy (non-hydrogen) atoms. The normalized spacial score (nSPS) is 23.5. The van der Waals surface area contributed by atoms with E-state index < -0.39 is 11.5 Å². The number of fused-ring (bicyclic) bond motifs is 1. The van der Waals surface area contributed by atoms with Gasteiger partial charge in [0, 0.05) is 23.0 Å². The number of aliphatic imine (C=N–C) groups is 1. The van der Waals surface area contributed by atoms with Crippen molar-refractivity contribution in [2.24, 2.45) is 10.9 Å². The van der Waals surface area contributed by atoms with E-state index in [-0.39, 0.29) is 18.1 Å². The summed E-state index contributed by atoms with van der Waals surface area (Å²) in [5.74, 6) is -0.272. The van der Waals surface area contributed by atoms with Gasteiger partial charge in [0.15, 0.2) is 5.82 Å². The van der Waals surface area contributed by atoms with Crippen LogP contribution in [-0.4, -0.2) is 45.1 Å². The summed E-state index contributed by atoms with van der Waals surface area (Å²) in [6.07, 6.45) is 2.88. The summed E-state index contributed by atoms with van der Waals surface area (Å²) in [5.41, 5.74) is 1.74. The fourth-order valence-corrected chi connectivity index (χ4v) is 4.52. The molecule has 8 heteroatoms. The average Bonchev–Trinajstić information content (AvgIpc) is 3.35. The highest BCUT2D eigenvalue weighted by molar-refractivity contribution is 6.31. The lowest BCUT2D eigenvalue weighted by molar-refractivity contribution is 0.0264. The molecular formula is C22H24ClN5O2. The highest BCUT2D eigenvalue weighted by Crippen LogP contribution is 2.45. The molecule has 1 aromatic heterocycles. The monoisotopic (exact) mass is 425 g/mol. The van der Waals surface area contributed by atoms with Crippen LogP contribution in [0.1, 0.15) is 50.7 Å². The van der Waals surface area contributed by atoms with E-state index in [1.807, 2.05) is 45.0 Å². The number of hydrogen-bond donors (Lipinski definition) is 1. The number of benzene rings is 1. The Morgan fingerprint density at radius 1 is 1.33 bits per heavy atom. The molecule has 0 bridgehead atoms. The zero-order valence-electron chi connectivity index (χ0n) is 17.2. The first-order chi connectivity index (χ1) is 14.3. The van der Waals surface area contributed by atoms with Gasteiger partial charge in [-0.3, -0.25) is 10.00 Å². The van der Waals surface area contributed by atoms with Gasteiger partial charge in [0.2, 0.25) is 0 Å². The van der Waals surface area contributed by atoms with Crippen molar-refractivity contribution in [3.8, 4) is 6.07 Å². The molecule has 1 aromatic carbocycles. The van der Waals surface area contributed by atoms with Gasteiger partial charge in [-0.25, -0.2) is 9.79 Å². The zero-order valence-corrected chi connectivity index (χ0v) is 18.0. The number of nitrogens with zero attached hydrogens (tertiary/aromatic N) is 4. The number of amides is 1. The van der Waals surface area contributed by atoms with E-state index in [1.54, 1.807) is 11.1 Å². The molecule has 4 rings (SSSR count). The number of carbonyl (C=O) groups is 1. The van der Waals surface area contributed by atoms with Gasteiger partial charge in [0.25, 0.3) is 0 Å². The molecule has 7 nitrogen and oxygen atoms in total. The SMILES string of the molecule is CC(C)(C)OC(=O)N1CCCC1C1=Nc2[nH]ncc2C(c2ccccc2Cl)C1C#N. The molecular weight excluding hydrogens is 402 g/mol. The van der Waals surface area contributed by atoms with Crippen LogP contribution in [0, 0.1) is 17.2 Å². The lowest BCUT2D eigenvalue weighted by Crippen LogP contribution is -2.46. The molecule has 0 aliphatic carbocycles. The number of ether oxygens (including phenoxy) is 1. The van der Waals surface area contributed by atoms with Crippen LogP contribution in [0.5, 0.6) is 0 Å². The van der Waals surface area contributed by atoms with Gasteiger partial charge in [-0.15, -0.1) is 0 Å². The van der Waals surface area contributed by atoms with Gasteiger partial charge < -0.3 is 4.74 Å². The maximum absolute atomic E-state index is 12.8. The number of aromatic nitrogens is 2. The number of nitrogens with one attached hydrogen (secondary N) is 1. The number of aromatic amines is 1. The summed E-state index contributed by atoms with van der Waals surface area (Å²) < 4.78 is 5.60. The Morgan fingerprint density at radius 2 is 2.10 bits per heavy atom. The van der Waals surface area contributed by atoms with Gasteiger partial charge in [0.05, 0.1) is 29.9 Å². The summed E-state index contributed by atoms with van der Waals surface area (Å²) in [6.45, 7) is 6.10. The van der Waals surface area contributed by atoms with Gasteiger partial charge >= 0.3 is 6.09 Å². The number of carbonyl (C=O) groups excluding carboxylic acids is 1. The molecule has 1 fully saturated rings. The Hall–Kier alpha value is -2.85. The van der Waals surface area contributed by atoms with Crippen LogP contribution in [0.3, 0.4) is 0 Å². The van der Waals surface area contributed by atoms with Crippen LogP contribution >= 0.6 is 11.6 Å². The van der Waals surface area contributed by atoms with E-state index in [0.717, 1.165) is 24.0 Å². The predicted molar refractivity (Wildman–Crippen MR) is 114 cm³/mol. The van der Waals surface area contributed by atoms with Gasteiger partial charge in [-0.05, 0) is 45.2 Å². The molecule has 3 atom stereocenters. The van der Waals surface area contributed by atoms with Crippen molar-refractivity contribution in [3.05, 3.63) is 46.6 Å². The average molecular weight is 426 g/mol. The Morgan fingerprint density at radius 3 is 2.80 bits per heavy atom. The van der Waals surface area contributed by atoms with E-state index in [4.69, 9.17) is 21.3 Å². The van der Waals surface area contributed by atoms with Crippen molar-refractivity contribution >= 4 is 29.2 Å². The van der Waals surface area contributed by atoms with Crippen LogP contribution in [-0.2, 0) is 4.74 Å². The van der Waals surface area contributed by atoms with Crippen molar-refractivity contribution in [2.75, 3.05) is 6.54 Å². The molecule has 0 saturated carbocycles. The number of hydrogen-bond acceptors (Lipinski definition) is 5. The molecule has 1 amide bonds. The Balaban J connectivity index is 1.76. The molecule has 3 unspecified atom stereocenters. The number of likely N-dealkylation sites (tertiary alicyclic amines) is 1. The summed E-state index contributed by atoms with van der Waals surface area (Å²) in [5, 5.41) is 17.9. The summed E-state index contributed by atoms with van der Waals surface area (Å²) in [4.78, 5) is 19.3. The Labute approximate surface area is 180 Å². The second kappa shape index (κ2) is 7.77. The predicted octanol–water partition coefficient (Wildman–Crippen LogP) is 4.82. The van der Waals surface area contributed by atoms with Crippen LogP contribution in [0.2, 0.25) is 5.02 Å². The second-order valence-electron chi connectivity index (χ2n) is 8.65. The Bertz CT molecular complexity index is 1030. The number of nitriles is 1. The lowest BCUT2D eigenvalue weighted by Gasteiger charge is -2.34. The molecule has 2 aliphatic rings. The maximum atomic E-state index is 12.8. The molecule has 1 N–H and O–H groups in total. The molecule has 156 valence electrons.